The zero-order valence-corrected chi connectivity index (χ0v) is 14.5. The zero-order valence-electron chi connectivity index (χ0n) is 11.3. The molecule has 4 heteroatoms. The normalized spacial score (nSPS) is 24.9. The molecule has 104 valence electrons. The van der Waals surface area contributed by atoms with E-state index in [0.29, 0.717) is 16.3 Å². The van der Waals surface area contributed by atoms with Crippen LogP contribution in [0.2, 0.25) is 0 Å². The van der Waals surface area contributed by atoms with Gasteiger partial charge in [0.2, 0.25) is 0 Å². The van der Waals surface area contributed by atoms with Gasteiger partial charge in [0.15, 0.2) is 0 Å². The Bertz CT molecular complexity index is 473. The summed E-state index contributed by atoms with van der Waals surface area (Å²) in [6.45, 7) is 4.95. The number of hydrogen-bond acceptors (Lipinski definition) is 2. The van der Waals surface area contributed by atoms with E-state index in [2.05, 4.69) is 57.9 Å². The van der Waals surface area contributed by atoms with Crippen LogP contribution in [-0.2, 0) is 0 Å². The Kier molecular flexibility index (Phi) is 4.62. The van der Waals surface area contributed by atoms with Gasteiger partial charge in [-0.25, -0.2) is 0 Å². The third-order valence-electron chi connectivity index (χ3n) is 3.75. The molecule has 0 saturated heterocycles. The van der Waals surface area contributed by atoms with Gasteiger partial charge in [-0.1, -0.05) is 57.9 Å². The van der Waals surface area contributed by atoms with Gasteiger partial charge in [-0.15, -0.1) is 0 Å². The lowest BCUT2D eigenvalue weighted by Crippen LogP contribution is -2.40. The highest BCUT2D eigenvalue weighted by atomic mass is 79.9. The summed E-state index contributed by atoms with van der Waals surface area (Å²) < 4.78 is 11.3. The average molecular weight is 390 g/mol. The first-order valence-corrected chi connectivity index (χ1v) is 8.11. The Balaban J connectivity index is 2.40. The first-order valence-electron chi connectivity index (χ1n) is 6.28. The number of halogens is 2. The fraction of sp³-hybridized carbons (Fsp3) is 0.467. The lowest BCUT2D eigenvalue weighted by atomic mass is 9.82. The molecule has 1 heterocycles. The van der Waals surface area contributed by atoms with Crippen molar-refractivity contribution in [2.24, 2.45) is 5.41 Å². The number of hydrogen-bond donors (Lipinski definition) is 0. The molecule has 1 aromatic carbocycles. The van der Waals surface area contributed by atoms with Gasteiger partial charge in [0, 0.05) is 20.6 Å². The quantitative estimate of drug-likeness (QED) is 0.700. The van der Waals surface area contributed by atoms with Crippen molar-refractivity contribution in [1.82, 2.24) is 0 Å². The molecule has 0 N–H and O–H groups in total. The molecular formula is C15H18Br2O2. The summed E-state index contributed by atoms with van der Waals surface area (Å²) in [6.07, 6.45) is 4.36. The molecule has 0 aliphatic carbocycles. The van der Waals surface area contributed by atoms with E-state index >= 15 is 0 Å². The van der Waals surface area contributed by atoms with E-state index in [1.54, 1.807) is 7.11 Å². The first kappa shape index (κ1) is 14.9. The molecule has 2 unspecified atom stereocenters. The molecule has 0 fully saturated rings. The monoisotopic (exact) mass is 388 g/mol. The van der Waals surface area contributed by atoms with Crippen LogP contribution in [0.15, 0.2) is 24.3 Å². The average Bonchev–Trinajstić information content (AvgIpc) is 2.58. The highest BCUT2D eigenvalue weighted by molar-refractivity contribution is 9.10. The van der Waals surface area contributed by atoms with Crippen LogP contribution in [0.3, 0.4) is 0 Å². The van der Waals surface area contributed by atoms with E-state index in [4.69, 9.17) is 9.47 Å². The molecule has 1 aromatic rings. The van der Waals surface area contributed by atoms with Crippen LogP contribution < -0.4 is 9.47 Å². The molecule has 1 aliphatic rings. The molecule has 0 bridgehead atoms. The van der Waals surface area contributed by atoms with Crippen molar-refractivity contribution in [3.63, 3.8) is 0 Å². The Hall–Kier alpha value is -0.480. The third-order valence-corrected chi connectivity index (χ3v) is 5.45. The Morgan fingerprint density at radius 1 is 1.26 bits per heavy atom. The van der Waals surface area contributed by atoms with Gasteiger partial charge in [-0.2, -0.15) is 0 Å². The van der Waals surface area contributed by atoms with Crippen LogP contribution in [0.1, 0.15) is 19.4 Å². The van der Waals surface area contributed by atoms with Crippen molar-refractivity contribution in [2.45, 2.75) is 23.5 Å². The topological polar surface area (TPSA) is 18.5 Å². The molecule has 2 atom stereocenters. The summed E-state index contributed by atoms with van der Waals surface area (Å²) in [5.74, 6) is 1.75. The zero-order chi connectivity index (χ0) is 14.0. The largest absolute Gasteiger partial charge is 0.497 e. The van der Waals surface area contributed by atoms with E-state index < -0.39 is 0 Å². The molecule has 1 aliphatic heterocycles. The maximum Gasteiger partial charge on any atom is 0.126 e. The van der Waals surface area contributed by atoms with Crippen molar-refractivity contribution in [3.05, 3.63) is 29.8 Å². The van der Waals surface area contributed by atoms with Gasteiger partial charge in [0.1, 0.15) is 11.5 Å². The first-order chi connectivity index (χ1) is 8.99. The fourth-order valence-corrected chi connectivity index (χ4v) is 3.94. The Labute approximate surface area is 131 Å². The third kappa shape index (κ3) is 2.84. The van der Waals surface area contributed by atoms with Crippen LogP contribution in [0.5, 0.6) is 11.5 Å². The van der Waals surface area contributed by atoms with E-state index in [0.717, 1.165) is 17.1 Å². The van der Waals surface area contributed by atoms with E-state index in [1.807, 2.05) is 18.2 Å². The SMILES string of the molecule is COc1ccc2c(c1)C=CC(C(C)Br)(C(C)Br)CO2. The number of alkyl halides is 2. The number of ether oxygens (including phenoxy) is 2. The van der Waals surface area contributed by atoms with Gasteiger partial charge in [0.05, 0.1) is 13.7 Å². The molecule has 0 saturated carbocycles. The molecule has 2 nitrogen and oxygen atoms in total. The van der Waals surface area contributed by atoms with Crippen LogP contribution in [-0.4, -0.2) is 23.4 Å². The van der Waals surface area contributed by atoms with Crippen molar-refractivity contribution in [3.8, 4) is 11.5 Å². The molecule has 0 aromatic heterocycles. The second-order valence-electron chi connectivity index (χ2n) is 4.87. The number of rotatable bonds is 3. The minimum Gasteiger partial charge on any atom is -0.497 e. The van der Waals surface area contributed by atoms with Crippen molar-refractivity contribution in [2.75, 3.05) is 13.7 Å². The van der Waals surface area contributed by atoms with E-state index in [-0.39, 0.29) is 5.41 Å². The number of benzene rings is 1. The minimum absolute atomic E-state index is 0.0771. The van der Waals surface area contributed by atoms with Crippen LogP contribution in [0.25, 0.3) is 6.08 Å². The fourth-order valence-electron chi connectivity index (χ4n) is 2.22. The Morgan fingerprint density at radius 2 is 1.95 bits per heavy atom. The summed E-state index contributed by atoms with van der Waals surface area (Å²) in [4.78, 5) is 0.615. The number of methoxy groups -OCH3 is 1. The molecular weight excluding hydrogens is 372 g/mol. The maximum absolute atomic E-state index is 6.01. The predicted molar refractivity (Wildman–Crippen MR) is 86.7 cm³/mol. The van der Waals surface area contributed by atoms with Crippen LogP contribution in [0.4, 0.5) is 0 Å². The molecule has 0 amide bonds. The smallest absolute Gasteiger partial charge is 0.126 e. The summed E-state index contributed by atoms with van der Waals surface area (Å²) in [7, 11) is 1.68. The highest BCUT2D eigenvalue weighted by Crippen LogP contribution is 2.41. The highest BCUT2D eigenvalue weighted by Gasteiger charge is 2.39. The van der Waals surface area contributed by atoms with E-state index in [9.17, 15) is 0 Å². The van der Waals surface area contributed by atoms with Crippen molar-refractivity contribution < 1.29 is 9.47 Å². The molecule has 0 radical (unpaired) electrons. The standard InChI is InChI=1S/C15H18Br2O2/c1-10(16)15(11(2)17)7-6-12-8-13(18-3)4-5-14(12)19-9-15/h4-8,10-11H,9H2,1-3H3. The van der Waals surface area contributed by atoms with Crippen molar-refractivity contribution in [1.29, 1.82) is 0 Å². The lowest BCUT2D eigenvalue weighted by molar-refractivity contribution is 0.196. The summed E-state index contributed by atoms with van der Waals surface area (Å²) >= 11 is 7.43. The van der Waals surface area contributed by atoms with Gasteiger partial charge in [-0.3, -0.25) is 0 Å². The van der Waals surface area contributed by atoms with Gasteiger partial charge >= 0.3 is 0 Å². The molecule has 0 spiro atoms. The molecule has 2 rings (SSSR count). The lowest BCUT2D eigenvalue weighted by Gasteiger charge is -2.35. The summed E-state index contributed by atoms with van der Waals surface area (Å²) in [5.41, 5.74) is 0.981. The van der Waals surface area contributed by atoms with Gasteiger partial charge in [-0.05, 0) is 18.2 Å². The van der Waals surface area contributed by atoms with E-state index in [1.165, 1.54) is 0 Å². The van der Waals surface area contributed by atoms with Crippen LogP contribution >= 0.6 is 31.9 Å². The van der Waals surface area contributed by atoms with Crippen molar-refractivity contribution >= 4 is 37.9 Å². The van der Waals surface area contributed by atoms with Gasteiger partial charge in [0.25, 0.3) is 0 Å². The second kappa shape index (κ2) is 5.88. The van der Waals surface area contributed by atoms with Gasteiger partial charge < -0.3 is 9.47 Å². The Morgan fingerprint density at radius 3 is 2.53 bits per heavy atom. The summed E-state index contributed by atoms with van der Waals surface area (Å²) in [6, 6.07) is 5.89. The maximum atomic E-state index is 6.01. The summed E-state index contributed by atoms with van der Waals surface area (Å²) in [5, 5.41) is 0. The predicted octanol–water partition coefficient (Wildman–Crippen LogP) is 4.65. The molecule has 19 heavy (non-hydrogen) atoms. The number of fused-ring (bicyclic) bond motifs is 1. The second-order valence-corrected chi connectivity index (χ2v) is 7.62. The minimum atomic E-state index is -0.0771. The van der Waals surface area contributed by atoms with Crippen LogP contribution in [0, 0.1) is 5.41 Å².